The van der Waals surface area contributed by atoms with Crippen molar-refractivity contribution in [1.82, 2.24) is 4.98 Å². The van der Waals surface area contributed by atoms with Gasteiger partial charge in [-0.25, -0.2) is 4.39 Å². The summed E-state index contributed by atoms with van der Waals surface area (Å²) in [5.41, 5.74) is 7.83. The highest BCUT2D eigenvalue weighted by atomic mass is 19.1. The Hall–Kier alpha value is -1.94. The van der Waals surface area contributed by atoms with E-state index in [0.717, 1.165) is 11.4 Å². The van der Waals surface area contributed by atoms with Crippen LogP contribution in [-0.4, -0.2) is 11.5 Å². The number of aromatic nitrogens is 1. The van der Waals surface area contributed by atoms with Gasteiger partial charge in [0.25, 0.3) is 0 Å². The maximum atomic E-state index is 13.7. The first-order valence-corrected chi connectivity index (χ1v) is 5.92. The molecule has 4 heteroatoms. The van der Waals surface area contributed by atoms with Crippen LogP contribution in [0.3, 0.4) is 0 Å². The van der Waals surface area contributed by atoms with E-state index in [9.17, 15) is 4.39 Å². The molecule has 3 N–H and O–H groups in total. The normalized spacial score (nSPS) is 10.3. The number of rotatable bonds is 5. The summed E-state index contributed by atoms with van der Waals surface area (Å²) in [5.74, 6) is -0.216. The van der Waals surface area contributed by atoms with Gasteiger partial charge in [0.1, 0.15) is 5.82 Å². The number of halogens is 1. The van der Waals surface area contributed by atoms with Gasteiger partial charge in [-0.05, 0) is 37.2 Å². The van der Waals surface area contributed by atoms with E-state index < -0.39 is 0 Å². The van der Waals surface area contributed by atoms with Gasteiger partial charge >= 0.3 is 0 Å². The van der Waals surface area contributed by atoms with E-state index in [1.165, 1.54) is 6.07 Å². The summed E-state index contributed by atoms with van der Waals surface area (Å²) in [6.07, 6.45) is 2.26. The molecule has 0 spiro atoms. The Labute approximate surface area is 106 Å². The number of hydrogen-bond acceptors (Lipinski definition) is 3. The molecule has 0 saturated carbocycles. The van der Waals surface area contributed by atoms with Crippen LogP contribution in [0.2, 0.25) is 0 Å². The Morgan fingerprint density at radius 2 is 2.06 bits per heavy atom. The molecule has 1 aromatic heterocycles. The monoisotopic (exact) mass is 245 g/mol. The first-order chi connectivity index (χ1) is 8.81. The minimum Gasteiger partial charge on any atom is -0.379 e. The summed E-state index contributed by atoms with van der Waals surface area (Å²) >= 11 is 0. The lowest BCUT2D eigenvalue weighted by Crippen LogP contribution is -2.09. The molecule has 0 aliphatic heterocycles. The number of benzene rings is 1. The molecular formula is C14H16FN3. The minimum atomic E-state index is -0.216. The van der Waals surface area contributed by atoms with Crippen LogP contribution in [0.5, 0.6) is 0 Å². The maximum absolute atomic E-state index is 13.7. The molecule has 0 fully saturated rings. The van der Waals surface area contributed by atoms with Crippen molar-refractivity contribution >= 4 is 5.69 Å². The van der Waals surface area contributed by atoms with Gasteiger partial charge in [0.15, 0.2) is 0 Å². The highest BCUT2D eigenvalue weighted by Gasteiger charge is 2.07. The van der Waals surface area contributed by atoms with Crippen molar-refractivity contribution in [2.45, 2.75) is 13.0 Å². The third-order valence-electron chi connectivity index (χ3n) is 2.70. The SMILES string of the molecule is NCCc1c(F)cccc1NCc1ccccn1. The predicted molar refractivity (Wildman–Crippen MR) is 70.7 cm³/mol. The second kappa shape index (κ2) is 6.12. The summed E-state index contributed by atoms with van der Waals surface area (Å²) < 4.78 is 13.7. The molecule has 0 aliphatic carbocycles. The van der Waals surface area contributed by atoms with Gasteiger partial charge in [-0.15, -0.1) is 0 Å². The average Bonchev–Trinajstić information content (AvgIpc) is 2.41. The number of nitrogens with two attached hydrogens (primary N) is 1. The van der Waals surface area contributed by atoms with Crippen LogP contribution in [-0.2, 0) is 13.0 Å². The van der Waals surface area contributed by atoms with Gasteiger partial charge in [-0.2, -0.15) is 0 Å². The van der Waals surface area contributed by atoms with E-state index in [4.69, 9.17) is 5.73 Å². The largest absolute Gasteiger partial charge is 0.379 e. The Morgan fingerprint density at radius 1 is 1.17 bits per heavy atom. The third-order valence-corrected chi connectivity index (χ3v) is 2.70. The highest BCUT2D eigenvalue weighted by Crippen LogP contribution is 2.19. The van der Waals surface area contributed by atoms with Crippen LogP contribution in [0.25, 0.3) is 0 Å². The number of nitrogens with one attached hydrogen (secondary N) is 1. The zero-order valence-electron chi connectivity index (χ0n) is 10.1. The summed E-state index contributed by atoms with van der Waals surface area (Å²) in [5, 5.41) is 3.20. The van der Waals surface area contributed by atoms with Gasteiger partial charge in [-0.1, -0.05) is 12.1 Å². The molecule has 3 nitrogen and oxygen atoms in total. The Bertz CT molecular complexity index is 500. The molecule has 94 valence electrons. The van der Waals surface area contributed by atoms with E-state index in [1.54, 1.807) is 12.3 Å². The van der Waals surface area contributed by atoms with E-state index in [2.05, 4.69) is 10.3 Å². The first-order valence-electron chi connectivity index (χ1n) is 5.92. The summed E-state index contributed by atoms with van der Waals surface area (Å²) in [6.45, 7) is 1.00. The quantitative estimate of drug-likeness (QED) is 0.850. The standard InChI is InChI=1S/C14H16FN3/c15-13-5-3-6-14(12(13)7-8-16)18-10-11-4-1-2-9-17-11/h1-6,9,18H,7-8,10,16H2. The van der Waals surface area contributed by atoms with E-state index in [-0.39, 0.29) is 5.82 Å². The molecule has 0 radical (unpaired) electrons. The van der Waals surface area contributed by atoms with Crippen molar-refractivity contribution < 1.29 is 4.39 Å². The number of hydrogen-bond donors (Lipinski definition) is 2. The Morgan fingerprint density at radius 3 is 2.78 bits per heavy atom. The van der Waals surface area contributed by atoms with Gasteiger partial charge in [0.2, 0.25) is 0 Å². The molecule has 1 aromatic carbocycles. The second-order valence-electron chi connectivity index (χ2n) is 3.98. The maximum Gasteiger partial charge on any atom is 0.128 e. The van der Waals surface area contributed by atoms with Crippen LogP contribution in [0.15, 0.2) is 42.6 Å². The van der Waals surface area contributed by atoms with Gasteiger partial charge in [0, 0.05) is 17.4 Å². The summed E-state index contributed by atoms with van der Waals surface area (Å²) in [7, 11) is 0. The molecule has 0 bridgehead atoms. The highest BCUT2D eigenvalue weighted by molar-refractivity contribution is 5.52. The minimum absolute atomic E-state index is 0.216. The van der Waals surface area contributed by atoms with Crippen LogP contribution >= 0.6 is 0 Å². The number of nitrogens with zero attached hydrogens (tertiary/aromatic N) is 1. The molecule has 2 rings (SSSR count). The molecule has 0 saturated heterocycles. The van der Waals surface area contributed by atoms with Gasteiger partial charge < -0.3 is 11.1 Å². The number of pyridine rings is 1. The summed E-state index contributed by atoms with van der Waals surface area (Å²) in [6, 6.07) is 10.7. The summed E-state index contributed by atoms with van der Waals surface area (Å²) in [4.78, 5) is 4.21. The van der Waals surface area contributed by atoms with Crippen molar-refractivity contribution in [3.63, 3.8) is 0 Å². The van der Waals surface area contributed by atoms with Crippen molar-refractivity contribution in [2.24, 2.45) is 5.73 Å². The Balaban J connectivity index is 2.11. The van der Waals surface area contributed by atoms with Gasteiger partial charge in [0.05, 0.1) is 12.2 Å². The third kappa shape index (κ3) is 3.05. The fraction of sp³-hybridized carbons (Fsp3) is 0.214. The van der Waals surface area contributed by atoms with Crippen LogP contribution in [0, 0.1) is 5.82 Å². The van der Waals surface area contributed by atoms with Crippen molar-refractivity contribution in [3.05, 3.63) is 59.7 Å². The van der Waals surface area contributed by atoms with Crippen LogP contribution < -0.4 is 11.1 Å². The zero-order valence-corrected chi connectivity index (χ0v) is 10.1. The fourth-order valence-corrected chi connectivity index (χ4v) is 1.81. The zero-order chi connectivity index (χ0) is 12.8. The van der Waals surface area contributed by atoms with Crippen molar-refractivity contribution in [2.75, 3.05) is 11.9 Å². The van der Waals surface area contributed by atoms with E-state index in [0.29, 0.717) is 25.1 Å². The van der Waals surface area contributed by atoms with Crippen molar-refractivity contribution in [1.29, 1.82) is 0 Å². The lowest BCUT2D eigenvalue weighted by atomic mass is 10.1. The number of anilines is 1. The van der Waals surface area contributed by atoms with Gasteiger partial charge in [-0.3, -0.25) is 4.98 Å². The fourth-order valence-electron chi connectivity index (χ4n) is 1.81. The van der Waals surface area contributed by atoms with Crippen molar-refractivity contribution in [3.8, 4) is 0 Å². The molecule has 1 heterocycles. The molecule has 18 heavy (non-hydrogen) atoms. The first kappa shape index (κ1) is 12.5. The molecule has 0 unspecified atom stereocenters. The van der Waals surface area contributed by atoms with E-state index >= 15 is 0 Å². The van der Waals surface area contributed by atoms with Crippen LogP contribution in [0.4, 0.5) is 10.1 Å². The lowest BCUT2D eigenvalue weighted by molar-refractivity contribution is 0.610. The molecule has 2 aromatic rings. The predicted octanol–water partition coefficient (Wildman–Crippen LogP) is 2.33. The second-order valence-corrected chi connectivity index (χ2v) is 3.98. The smallest absolute Gasteiger partial charge is 0.128 e. The molecule has 0 aliphatic rings. The van der Waals surface area contributed by atoms with Crippen LogP contribution in [0.1, 0.15) is 11.3 Å². The molecule has 0 atom stereocenters. The lowest BCUT2D eigenvalue weighted by Gasteiger charge is -2.12. The molecular weight excluding hydrogens is 229 g/mol. The van der Waals surface area contributed by atoms with E-state index in [1.807, 2.05) is 24.3 Å². The molecule has 0 amide bonds. The average molecular weight is 245 g/mol. The Kier molecular flexibility index (Phi) is 4.25. The topological polar surface area (TPSA) is 50.9 Å².